The summed E-state index contributed by atoms with van der Waals surface area (Å²) in [5, 5.41) is 9.05. The van der Waals surface area contributed by atoms with Gasteiger partial charge in [-0.25, -0.2) is 4.99 Å². The molecule has 4 heteroatoms. The molecule has 1 aliphatic heterocycles. The normalized spacial score (nSPS) is 33.3. The molecule has 13 heavy (non-hydrogen) atoms. The topological polar surface area (TPSA) is 41.8 Å². The minimum atomic E-state index is -0.0530. The van der Waals surface area contributed by atoms with Crippen LogP contribution in [0.4, 0.5) is 0 Å². The minimum Gasteiger partial charge on any atom is -0.481 e. The fourth-order valence-electron chi connectivity index (χ4n) is 1.06. The predicted octanol–water partition coefficient (Wildman–Crippen LogP) is 1.63. The van der Waals surface area contributed by atoms with Gasteiger partial charge in [0.15, 0.2) is 0 Å². The van der Waals surface area contributed by atoms with E-state index in [1.165, 1.54) is 0 Å². The van der Waals surface area contributed by atoms with Gasteiger partial charge in [0.25, 0.3) is 0 Å². The number of aliphatic hydroxyl groups excluding tert-OH is 1. The van der Waals surface area contributed by atoms with E-state index >= 15 is 0 Å². The molecule has 0 saturated carbocycles. The molecule has 0 radical (unpaired) electrons. The molecule has 1 aliphatic rings. The maximum Gasteiger partial charge on any atom is 0.218 e. The largest absolute Gasteiger partial charge is 0.481 e. The van der Waals surface area contributed by atoms with Crippen LogP contribution in [-0.2, 0) is 4.74 Å². The van der Waals surface area contributed by atoms with Crippen LogP contribution < -0.4 is 0 Å². The first-order valence-electron chi connectivity index (χ1n) is 4.00. The second-order valence-electron chi connectivity index (χ2n) is 2.62. The Hall–Kier alpha value is -0.610. The van der Waals surface area contributed by atoms with E-state index in [1.807, 2.05) is 12.2 Å². The predicted molar refractivity (Wildman–Crippen MR) is 56.1 cm³/mol. The van der Waals surface area contributed by atoms with E-state index in [1.54, 1.807) is 13.3 Å². The van der Waals surface area contributed by atoms with Crippen LogP contribution >= 0.6 is 15.9 Å². The molecule has 3 nitrogen and oxygen atoms in total. The van der Waals surface area contributed by atoms with Crippen LogP contribution in [0.5, 0.6) is 0 Å². The minimum absolute atomic E-state index is 0.0530. The van der Waals surface area contributed by atoms with E-state index in [-0.39, 0.29) is 11.4 Å². The summed E-state index contributed by atoms with van der Waals surface area (Å²) in [5.74, 6) is 0.475. The van der Waals surface area contributed by atoms with Crippen LogP contribution in [0.2, 0.25) is 0 Å². The summed E-state index contributed by atoms with van der Waals surface area (Å²) in [7, 11) is 1.54. The van der Waals surface area contributed by atoms with Gasteiger partial charge in [-0.05, 0) is 6.42 Å². The molecule has 0 bridgehead atoms. The summed E-state index contributed by atoms with van der Waals surface area (Å²) in [6.07, 6.45) is 6.41. The average molecular weight is 246 g/mol. The van der Waals surface area contributed by atoms with Crippen molar-refractivity contribution in [2.45, 2.75) is 11.2 Å². The van der Waals surface area contributed by atoms with Crippen molar-refractivity contribution in [3.8, 4) is 0 Å². The Morgan fingerprint density at radius 1 is 1.77 bits per heavy atom. The third-order valence-corrected chi connectivity index (χ3v) is 2.32. The number of halogens is 1. The summed E-state index contributed by atoms with van der Waals surface area (Å²) in [6.45, 7) is -0.0530. The summed E-state index contributed by atoms with van der Waals surface area (Å²) in [5.41, 5.74) is 0.716. The summed E-state index contributed by atoms with van der Waals surface area (Å²) in [4.78, 5) is 4.28. The zero-order valence-corrected chi connectivity index (χ0v) is 8.99. The van der Waals surface area contributed by atoms with E-state index in [9.17, 15) is 0 Å². The van der Waals surface area contributed by atoms with Crippen LogP contribution in [0, 0.1) is 0 Å². The zero-order valence-electron chi connectivity index (χ0n) is 7.40. The first-order chi connectivity index (χ1) is 6.27. The Bertz CT molecular complexity index is 258. The highest BCUT2D eigenvalue weighted by Crippen LogP contribution is 2.14. The van der Waals surface area contributed by atoms with E-state index in [4.69, 9.17) is 9.84 Å². The van der Waals surface area contributed by atoms with Gasteiger partial charge in [-0.15, -0.1) is 0 Å². The number of rotatable bonds is 1. The van der Waals surface area contributed by atoms with Crippen LogP contribution in [0.1, 0.15) is 6.42 Å². The molecule has 0 aliphatic carbocycles. The molecule has 0 amide bonds. The molecule has 1 unspecified atom stereocenters. The van der Waals surface area contributed by atoms with E-state index in [2.05, 4.69) is 20.9 Å². The number of aliphatic imine (C=N–C) groups is 1. The molecule has 0 fully saturated rings. The summed E-state index contributed by atoms with van der Waals surface area (Å²) in [6, 6.07) is 0. The highest BCUT2D eigenvalue weighted by molar-refractivity contribution is 9.09. The Morgan fingerprint density at radius 3 is 3.15 bits per heavy atom. The molecule has 0 spiro atoms. The summed E-state index contributed by atoms with van der Waals surface area (Å²) >= 11 is 3.46. The molecule has 0 aromatic carbocycles. The van der Waals surface area contributed by atoms with Gasteiger partial charge in [-0.3, -0.25) is 0 Å². The highest BCUT2D eigenvalue weighted by atomic mass is 79.9. The second-order valence-corrected chi connectivity index (χ2v) is 3.80. The molecule has 1 heterocycles. The Kier molecular flexibility index (Phi) is 4.18. The lowest BCUT2D eigenvalue weighted by Crippen LogP contribution is -2.12. The fraction of sp³-hybridized carbons (Fsp3) is 0.444. The van der Waals surface area contributed by atoms with E-state index in [0.29, 0.717) is 11.5 Å². The number of aliphatic hydroxyl groups is 1. The van der Waals surface area contributed by atoms with E-state index in [0.717, 1.165) is 6.42 Å². The van der Waals surface area contributed by atoms with Gasteiger partial charge in [0.2, 0.25) is 5.90 Å². The molecule has 1 atom stereocenters. The standard InChI is InChI=1S/C9H12BrNO2/c1-13-9-7(6-12)5-8(10)3-2-4-11-9/h2,4-5,8,12H,3,6H2,1H3/b4-2+,7-5-,11-9+. The monoisotopic (exact) mass is 245 g/mol. The zero-order chi connectivity index (χ0) is 9.68. The van der Waals surface area contributed by atoms with Crippen LogP contribution in [0.25, 0.3) is 0 Å². The molecular formula is C9H12BrNO2. The average Bonchev–Trinajstić information content (AvgIpc) is 2.11. The maximum absolute atomic E-state index is 9.05. The highest BCUT2D eigenvalue weighted by Gasteiger charge is 2.09. The van der Waals surface area contributed by atoms with Gasteiger partial charge in [0.05, 0.1) is 13.7 Å². The lowest BCUT2D eigenvalue weighted by atomic mass is 10.2. The van der Waals surface area contributed by atoms with Crippen LogP contribution in [-0.4, -0.2) is 29.5 Å². The molecular weight excluding hydrogens is 234 g/mol. The quantitative estimate of drug-likeness (QED) is 0.714. The number of allylic oxidation sites excluding steroid dienone is 2. The van der Waals surface area contributed by atoms with Gasteiger partial charge in [-0.1, -0.05) is 28.1 Å². The van der Waals surface area contributed by atoms with Crippen molar-refractivity contribution in [2.24, 2.45) is 4.99 Å². The number of hydrogen-bond donors (Lipinski definition) is 1. The molecule has 72 valence electrons. The third kappa shape index (κ3) is 2.97. The maximum atomic E-state index is 9.05. The van der Waals surface area contributed by atoms with Gasteiger partial charge in [0.1, 0.15) is 0 Å². The number of hydrogen-bond acceptors (Lipinski definition) is 3. The van der Waals surface area contributed by atoms with Gasteiger partial charge in [-0.2, -0.15) is 0 Å². The molecule has 0 aromatic heterocycles. The lowest BCUT2D eigenvalue weighted by Gasteiger charge is -2.10. The van der Waals surface area contributed by atoms with Crippen molar-refractivity contribution in [1.29, 1.82) is 0 Å². The first-order valence-corrected chi connectivity index (χ1v) is 4.92. The van der Waals surface area contributed by atoms with Gasteiger partial charge >= 0.3 is 0 Å². The molecule has 1 N–H and O–H groups in total. The number of methoxy groups -OCH3 is 1. The van der Waals surface area contributed by atoms with Crippen molar-refractivity contribution in [3.05, 3.63) is 23.9 Å². The third-order valence-electron chi connectivity index (χ3n) is 1.68. The Labute approximate surface area is 85.9 Å². The first kappa shape index (κ1) is 10.5. The SMILES string of the molecule is COC1=N/C=C/CC(Br)/C=C\1CO. The number of ether oxygens (including phenoxy) is 1. The molecule has 0 saturated heterocycles. The van der Waals surface area contributed by atoms with Crippen molar-refractivity contribution in [3.63, 3.8) is 0 Å². The molecule has 1 rings (SSSR count). The Balaban J connectivity index is 2.93. The van der Waals surface area contributed by atoms with Crippen LogP contribution in [0.15, 0.2) is 28.9 Å². The smallest absolute Gasteiger partial charge is 0.218 e. The second kappa shape index (κ2) is 5.19. The van der Waals surface area contributed by atoms with E-state index < -0.39 is 0 Å². The van der Waals surface area contributed by atoms with Gasteiger partial charge in [0, 0.05) is 16.6 Å². The van der Waals surface area contributed by atoms with Crippen molar-refractivity contribution in [1.82, 2.24) is 0 Å². The number of alkyl halides is 1. The molecule has 0 aromatic rings. The number of nitrogens with zero attached hydrogens (tertiary/aromatic N) is 1. The van der Waals surface area contributed by atoms with Crippen molar-refractivity contribution < 1.29 is 9.84 Å². The van der Waals surface area contributed by atoms with Crippen molar-refractivity contribution in [2.75, 3.05) is 13.7 Å². The van der Waals surface area contributed by atoms with Crippen molar-refractivity contribution >= 4 is 21.8 Å². The summed E-state index contributed by atoms with van der Waals surface area (Å²) < 4.78 is 5.03. The van der Waals surface area contributed by atoms with Gasteiger partial charge < -0.3 is 9.84 Å². The Morgan fingerprint density at radius 2 is 2.54 bits per heavy atom. The van der Waals surface area contributed by atoms with Crippen LogP contribution in [0.3, 0.4) is 0 Å². The lowest BCUT2D eigenvalue weighted by molar-refractivity contribution is 0.325. The fourth-order valence-corrected chi connectivity index (χ4v) is 1.59.